The van der Waals surface area contributed by atoms with E-state index in [1.165, 1.54) is 11.6 Å². The Morgan fingerprint density at radius 2 is 1.69 bits per heavy atom. The van der Waals surface area contributed by atoms with Gasteiger partial charge in [-0.3, -0.25) is 4.79 Å². The molecule has 3 aromatic rings. The molecule has 2 aromatic carbocycles. The topological polar surface area (TPSA) is 77.8 Å². The number of ether oxygens (including phenoxy) is 2. The first-order valence-corrected chi connectivity index (χ1v) is 10.8. The summed E-state index contributed by atoms with van der Waals surface area (Å²) >= 11 is 0. The molecule has 3 unspecified atom stereocenters. The Hall–Kier alpha value is -3.54. The molecule has 0 amide bonds. The number of pyridine rings is 1. The molecule has 3 atom stereocenters. The van der Waals surface area contributed by atoms with Crippen molar-refractivity contribution in [2.24, 2.45) is 0 Å². The molecule has 5 rings (SSSR count). The SMILES string of the molecule is COc1cc2c(cc1OC)C1CCCC(c3ccccc3)C1n1cc(C(=O)O)c(=O)cc1-2. The summed E-state index contributed by atoms with van der Waals surface area (Å²) in [4.78, 5) is 24.5. The molecule has 6 heteroatoms. The van der Waals surface area contributed by atoms with Crippen LogP contribution in [0.25, 0.3) is 11.3 Å². The summed E-state index contributed by atoms with van der Waals surface area (Å²) in [6.07, 6.45) is 4.58. The van der Waals surface area contributed by atoms with E-state index >= 15 is 0 Å². The molecule has 1 N–H and O–H groups in total. The van der Waals surface area contributed by atoms with E-state index in [0.717, 1.165) is 36.1 Å². The van der Waals surface area contributed by atoms with E-state index in [4.69, 9.17) is 9.47 Å². The highest BCUT2D eigenvalue weighted by atomic mass is 16.5. The molecule has 1 saturated carbocycles. The number of hydrogen-bond acceptors (Lipinski definition) is 4. The standard InChI is InChI=1S/C26H25NO5/c1-31-23-11-18-17-10-6-9-16(15-7-4-3-5-8-15)25(17)27-14-20(26(29)30)22(28)13-21(27)19(18)12-24(23)32-2/h3-5,7-8,11-14,16-17,25H,6,9-10H2,1-2H3,(H,29,30). The quantitative estimate of drug-likeness (QED) is 0.640. The molecule has 2 aliphatic rings. The monoisotopic (exact) mass is 431 g/mol. The Kier molecular flexibility index (Phi) is 5.00. The van der Waals surface area contributed by atoms with Gasteiger partial charge in [-0.2, -0.15) is 0 Å². The molecule has 0 bridgehead atoms. The predicted molar refractivity (Wildman–Crippen MR) is 121 cm³/mol. The molecular weight excluding hydrogens is 406 g/mol. The summed E-state index contributed by atoms with van der Waals surface area (Å²) in [7, 11) is 3.21. The van der Waals surface area contributed by atoms with E-state index in [2.05, 4.69) is 12.1 Å². The van der Waals surface area contributed by atoms with E-state index < -0.39 is 11.4 Å². The number of carboxylic acids is 1. The summed E-state index contributed by atoms with van der Waals surface area (Å²) in [5.41, 5.74) is 3.28. The van der Waals surface area contributed by atoms with Gasteiger partial charge in [0.2, 0.25) is 0 Å². The fourth-order valence-corrected chi connectivity index (χ4v) is 5.57. The molecule has 1 fully saturated rings. The molecule has 32 heavy (non-hydrogen) atoms. The first-order chi connectivity index (χ1) is 15.5. The van der Waals surface area contributed by atoms with E-state index in [1.54, 1.807) is 20.4 Å². The third-order valence-corrected chi connectivity index (χ3v) is 6.94. The van der Waals surface area contributed by atoms with Gasteiger partial charge >= 0.3 is 5.97 Å². The van der Waals surface area contributed by atoms with Crippen LogP contribution < -0.4 is 14.9 Å². The maximum absolute atomic E-state index is 12.7. The van der Waals surface area contributed by atoms with Crippen molar-refractivity contribution in [3.05, 3.63) is 81.6 Å². The number of fused-ring (bicyclic) bond motifs is 6. The summed E-state index contributed by atoms with van der Waals surface area (Å²) < 4.78 is 13.1. The summed E-state index contributed by atoms with van der Waals surface area (Å²) in [5.74, 6) is 0.415. The lowest BCUT2D eigenvalue weighted by Crippen LogP contribution is -2.34. The number of benzene rings is 2. The number of hydrogen-bond donors (Lipinski definition) is 1. The van der Waals surface area contributed by atoms with Crippen molar-refractivity contribution in [1.29, 1.82) is 0 Å². The summed E-state index contributed by atoms with van der Waals surface area (Å²) in [6, 6.07) is 15.8. The molecule has 1 aromatic heterocycles. The second kappa shape index (κ2) is 7.86. The van der Waals surface area contributed by atoms with Gasteiger partial charge < -0.3 is 19.1 Å². The second-order valence-electron chi connectivity index (χ2n) is 8.49. The van der Waals surface area contributed by atoms with Gasteiger partial charge in [-0.15, -0.1) is 0 Å². The number of carbonyl (C=O) groups is 1. The molecule has 2 heterocycles. The van der Waals surface area contributed by atoms with Gasteiger partial charge in [0, 0.05) is 35.7 Å². The van der Waals surface area contributed by atoms with Gasteiger partial charge in [0.05, 0.1) is 19.9 Å². The van der Waals surface area contributed by atoms with Gasteiger partial charge in [-0.1, -0.05) is 36.8 Å². The minimum Gasteiger partial charge on any atom is -0.493 e. The van der Waals surface area contributed by atoms with Crippen LogP contribution in [0.3, 0.4) is 0 Å². The van der Waals surface area contributed by atoms with Crippen LogP contribution in [0, 0.1) is 0 Å². The highest BCUT2D eigenvalue weighted by Gasteiger charge is 2.42. The Morgan fingerprint density at radius 3 is 2.38 bits per heavy atom. The van der Waals surface area contributed by atoms with Gasteiger partial charge in [0.25, 0.3) is 0 Å². The first-order valence-electron chi connectivity index (χ1n) is 10.8. The zero-order valence-electron chi connectivity index (χ0n) is 18.1. The van der Waals surface area contributed by atoms with Gasteiger partial charge in [0.15, 0.2) is 16.9 Å². The van der Waals surface area contributed by atoms with Crippen LogP contribution in [0.4, 0.5) is 0 Å². The van der Waals surface area contributed by atoms with Crippen molar-refractivity contribution in [3.63, 3.8) is 0 Å². The lowest BCUT2D eigenvalue weighted by molar-refractivity contribution is 0.0694. The Morgan fingerprint density at radius 1 is 1.00 bits per heavy atom. The molecular formula is C26H25NO5. The number of aromatic carboxylic acids is 1. The minimum absolute atomic E-state index is 0.00505. The number of rotatable bonds is 4. The van der Waals surface area contributed by atoms with Gasteiger partial charge in [-0.25, -0.2) is 4.79 Å². The summed E-state index contributed by atoms with van der Waals surface area (Å²) in [5, 5.41) is 9.64. The van der Waals surface area contributed by atoms with Crippen molar-refractivity contribution < 1.29 is 19.4 Å². The van der Waals surface area contributed by atoms with Crippen molar-refractivity contribution in [2.45, 2.75) is 37.1 Å². The number of nitrogens with zero attached hydrogens (tertiary/aromatic N) is 1. The van der Waals surface area contributed by atoms with Crippen LogP contribution in [0.5, 0.6) is 11.5 Å². The van der Waals surface area contributed by atoms with Crippen LogP contribution in [0.15, 0.2) is 59.5 Å². The average Bonchev–Trinajstić information content (AvgIpc) is 2.82. The van der Waals surface area contributed by atoms with E-state index in [0.29, 0.717) is 11.5 Å². The van der Waals surface area contributed by atoms with Crippen molar-refractivity contribution in [2.75, 3.05) is 14.2 Å². The van der Waals surface area contributed by atoms with Crippen molar-refractivity contribution in [3.8, 4) is 22.8 Å². The fourth-order valence-electron chi connectivity index (χ4n) is 5.57. The van der Waals surface area contributed by atoms with E-state index in [9.17, 15) is 14.7 Å². The number of methoxy groups -OCH3 is 2. The smallest absolute Gasteiger partial charge is 0.341 e. The molecule has 0 radical (unpaired) electrons. The third-order valence-electron chi connectivity index (χ3n) is 6.94. The minimum atomic E-state index is -1.20. The Labute approximate surface area is 186 Å². The summed E-state index contributed by atoms with van der Waals surface area (Å²) in [6.45, 7) is 0. The van der Waals surface area contributed by atoms with Crippen LogP contribution in [-0.4, -0.2) is 29.9 Å². The largest absolute Gasteiger partial charge is 0.493 e. The first kappa shape index (κ1) is 20.4. The van der Waals surface area contributed by atoms with Crippen LogP contribution >= 0.6 is 0 Å². The normalized spacial score (nSPS) is 21.1. The predicted octanol–water partition coefficient (Wildman–Crippen LogP) is 4.84. The molecule has 0 saturated heterocycles. The fraction of sp³-hybridized carbons (Fsp3) is 0.308. The number of aromatic nitrogens is 1. The van der Waals surface area contributed by atoms with Gasteiger partial charge in [0.1, 0.15) is 5.56 Å². The van der Waals surface area contributed by atoms with Crippen LogP contribution in [-0.2, 0) is 0 Å². The number of carboxylic acid groups (broad SMARTS) is 1. The third kappa shape index (κ3) is 3.09. The molecule has 0 spiro atoms. The lowest BCUT2D eigenvalue weighted by Gasteiger charge is -2.45. The Balaban J connectivity index is 1.80. The molecule has 6 nitrogen and oxygen atoms in total. The van der Waals surface area contributed by atoms with Crippen molar-refractivity contribution >= 4 is 5.97 Å². The Bertz CT molecular complexity index is 1250. The molecule has 1 aliphatic carbocycles. The highest BCUT2D eigenvalue weighted by Crippen LogP contribution is 2.56. The highest BCUT2D eigenvalue weighted by molar-refractivity contribution is 5.88. The van der Waals surface area contributed by atoms with Crippen LogP contribution in [0.2, 0.25) is 0 Å². The molecule has 1 aliphatic heterocycles. The molecule has 164 valence electrons. The lowest BCUT2D eigenvalue weighted by atomic mass is 9.68. The van der Waals surface area contributed by atoms with Crippen molar-refractivity contribution in [1.82, 2.24) is 4.57 Å². The maximum atomic E-state index is 12.7. The zero-order valence-corrected chi connectivity index (χ0v) is 18.1. The van der Waals surface area contributed by atoms with Crippen LogP contribution in [0.1, 0.15) is 58.6 Å². The van der Waals surface area contributed by atoms with E-state index in [-0.39, 0.29) is 23.4 Å². The zero-order chi connectivity index (χ0) is 22.4. The van der Waals surface area contributed by atoms with Gasteiger partial charge in [-0.05, 0) is 36.1 Å². The average molecular weight is 431 g/mol. The van der Waals surface area contributed by atoms with E-state index in [1.807, 2.05) is 34.9 Å². The maximum Gasteiger partial charge on any atom is 0.341 e. The second-order valence-corrected chi connectivity index (χ2v) is 8.49.